The van der Waals surface area contributed by atoms with Crippen molar-refractivity contribution in [2.24, 2.45) is 0 Å². The third kappa shape index (κ3) is 1.37. The molecule has 0 aromatic carbocycles. The highest BCUT2D eigenvalue weighted by atomic mass is 16.4. The molecule has 0 radical (unpaired) electrons. The van der Waals surface area contributed by atoms with E-state index >= 15 is 0 Å². The number of oxazole rings is 1. The molecule has 0 aliphatic rings. The predicted octanol–water partition coefficient (Wildman–Crippen LogP) is 0.867. The molecule has 1 N–H and O–H groups in total. The molecule has 0 bridgehead atoms. The Morgan fingerprint density at radius 1 is 1.64 bits per heavy atom. The Hall–Kier alpha value is -2.11. The topological polar surface area (TPSA) is 81.2 Å². The van der Waals surface area contributed by atoms with Gasteiger partial charge >= 0.3 is 12.0 Å². The zero-order chi connectivity index (χ0) is 10.1. The van der Waals surface area contributed by atoms with Gasteiger partial charge in [-0.15, -0.1) is 0 Å². The Morgan fingerprint density at radius 2 is 2.43 bits per heavy atom. The molecule has 0 unspecified atom stereocenters. The Morgan fingerprint density at radius 3 is 2.93 bits per heavy atom. The molecule has 0 saturated heterocycles. The van der Waals surface area contributed by atoms with Crippen molar-refractivity contribution < 1.29 is 14.3 Å². The molecule has 2 aromatic rings. The summed E-state index contributed by atoms with van der Waals surface area (Å²) in [5.41, 5.74) is 0.813. The van der Waals surface area contributed by atoms with Gasteiger partial charge in [0.1, 0.15) is 6.26 Å². The van der Waals surface area contributed by atoms with Crippen LogP contribution in [0.3, 0.4) is 0 Å². The van der Waals surface area contributed by atoms with Crippen molar-refractivity contribution in [1.82, 2.24) is 14.8 Å². The van der Waals surface area contributed by atoms with Crippen molar-refractivity contribution >= 4 is 5.97 Å². The molecule has 6 nitrogen and oxygen atoms in total. The van der Waals surface area contributed by atoms with Crippen LogP contribution in [-0.4, -0.2) is 25.8 Å². The number of carboxylic acid groups (broad SMARTS) is 1. The number of nitrogens with zero attached hydrogens (tertiary/aromatic N) is 3. The van der Waals surface area contributed by atoms with Crippen LogP contribution < -0.4 is 0 Å². The molecule has 0 atom stereocenters. The zero-order valence-electron chi connectivity index (χ0n) is 7.34. The van der Waals surface area contributed by atoms with E-state index in [9.17, 15) is 4.79 Å². The van der Waals surface area contributed by atoms with E-state index in [0.29, 0.717) is 5.69 Å². The highest BCUT2D eigenvalue weighted by molar-refractivity contribution is 5.86. The summed E-state index contributed by atoms with van der Waals surface area (Å²) < 4.78 is 6.31. The fourth-order valence-electron chi connectivity index (χ4n) is 0.985. The minimum atomic E-state index is -1.03. The van der Waals surface area contributed by atoms with Gasteiger partial charge in [0.2, 0.25) is 0 Å². The van der Waals surface area contributed by atoms with Gasteiger partial charge in [0, 0.05) is 0 Å². The standard InChI is InChI=1S/C8H7N3O3/c1-5-4-14-8(10-5)11-3-6(2-9-11)7(12)13/h2-4H,1H3,(H,12,13). The first-order valence-corrected chi connectivity index (χ1v) is 3.87. The van der Waals surface area contributed by atoms with Gasteiger partial charge < -0.3 is 9.52 Å². The summed E-state index contributed by atoms with van der Waals surface area (Å²) >= 11 is 0. The lowest BCUT2D eigenvalue weighted by molar-refractivity contribution is 0.0697. The van der Waals surface area contributed by atoms with Gasteiger partial charge in [-0.2, -0.15) is 14.8 Å². The summed E-state index contributed by atoms with van der Waals surface area (Å²) in [6.45, 7) is 1.77. The summed E-state index contributed by atoms with van der Waals surface area (Å²) in [5, 5.41) is 12.4. The maximum absolute atomic E-state index is 10.5. The van der Waals surface area contributed by atoms with Crippen molar-refractivity contribution in [3.8, 4) is 6.01 Å². The van der Waals surface area contributed by atoms with E-state index in [4.69, 9.17) is 9.52 Å². The van der Waals surface area contributed by atoms with Gasteiger partial charge in [-0.1, -0.05) is 0 Å². The lowest BCUT2D eigenvalue weighted by Crippen LogP contribution is -1.95. The maximum atomic E-state index is 10.5. The van der Waals surface area contributed by atoms with Crippen molar-refractivity contribution in [3.63, 3.8) is 0 Å². The van der Waals surface area contributed by atoms with Crippen LogP contribution in [0.15, 0.2) is 23.1 Å². The third-order valence-corrected chi connectivity index (χ3v) is 1.63. The summed E-state index contributed by atoms with van der Waals surface area (Å²) in [4.78, 5) is 14.5. The zero-order valence-corrected chi connectivity index (χ0v) is 7.34. The molecule has 2 aromatic heterocycles. The van der Waals surface area contributed by atoms with Gasteiger partial charge in [-0.3, -0.25) is 0 Å². The number of carboxylic acids is 1. The molecule has 0 aliphatic heterocycles. The summed E-state index contributed by atoms with van der Waals surface area (Å²) in [7, 11) is 0. The van der Waals surface area contributed by atoms with Gasteiger partial charge in [0.15, 0.2) is 0 Å². The Bertz CT molecular complexity index is 472. The first-order chi connectivity index (χ1) is 6.66. The van der Waals surface area contributed by atoms with E-state index in [0.717, 1.165) is 0 Å². The van der Waals surface area contributed by atoms with E-state index in [1.807, 2.05) is 0 Å². The molecule has 0 amide bonds. The van der Waals surface area contributed by atoms with Gasteiger partial charge in [0.25, 0.3) is 0 Å². The first kappa shape index (κ1) is 8.49. The van der Waals surface area contributed by atoms with E-state index in [2.05, 4.69) is 10.1 Å². The molecule has 6 heteroatoms. The number of hydrogen-bond acceptors (Lipinski definition) is 4. The highest BCUT2D eigenvalue weighted by Crippen LogP contribution is 2.07. The molecule has 2 heterocycles. The molecule has 0 fully saturated rings. The smallest absolute Gasteiger partial charge is 0.338 e. The van der Waals surface area contributed by atoms with E-state index in [1.165, 1.54) is 23.3 Å². The van der Waals surface area contributed by atoms with Crippen LogP contribution in [0.2, 0.25) is 0 Å². The maximum Gasteiger partial charge on any atom is 0.338 e. The van der Waals surface area contributed by atoms with Gasteiger partial charge in [-0.25, -0.2) is 4.79 Å². The Labute approximate surface area is 78.8 Å². The van der Waals surface area contributed by atoms with Crippen molar-refractivity contribution in [2.75, 3.05) is 0 Å². The van der Waals surface area contributed by atoms with E-state index < -0.39 is 5.97 Å². The van der Waals surface area contributed by atoms with Crippen LogP contribution in [0.4, 0.5) is 0 Å². The largest absolute Gasteiger partial charge is 0.478 e. The van der Waals surface area contributed by atoms with Crippen LogP contribution in [-0.2, 0) is 0 Å². The number of rotatable bonds is 2. The fourth-order valence-corrected chi connectivity index (χ4v) is 0.985. The van der Waals surface area contributed by atoms with Crippen LogP contribution >= 0.6 is 0 Å². The van der Waals surface area contributed by atoms with E-state index in [-0.39, 0.29) is 11.6 Å². The Balaban J connectivity index is 2.38. The third-order valence-electron chi connectivity index (χ3n) is 1.63. The average Bonchev–Trinajstić information content (AvgIpc) is 2.70. The molecule has 2 rings (SSSR count). The average molecular weight is 193 g/mol. The summed E-state index contributed by atoms with van der Waals surface area (Å²) in [5.74, 6) is -1.03. The molecule has 14 heavy (non-hydrogen) atoms. The normalized spacial score (nSPS) is 10.4. The molecular formula is C8H7N3O3. The van der Waals surface area contributed by atoms with Crippen molar-refractivity contribution in [1.29, 1.82) is 0 Å². The molecule has 0 saturated carbocycles. The molecule has 0 spiro atoms. The second-order valence-corrected chi connectivity index (χ2v) is 2.75. The van der Waals surface area contributed by atoms with Crippen molar-refractivity contribution in [2.45, 2.75) is 6.92 Å². The minimum Gasteiger partial charge on any atom is -0.478 e. The number of aromatic nitrogens is 3. The second-order valence-electron chi connectivity index (χ2n) is 2.75. The first-order valence-electron chi connectivity index (χ1n) is 3.87. The van der Waals surface area contributed by atoms with Gasteiger partial charge in [0.05, 0.1) is 23.7 Å². The Kier molecular flexibility index (Phi) is 1.81. The lowest BCUT2D eigenvalue weighted by atomic mass is 10.4. The quantitative estimate of drug-likeness (QED) is 0.765. The highest BCUT2D eigenvalue weighted by Gasteiger charge is 2.09. The minimum absolute atomic E-state index is 0.0980. The number of hydrogen-bond donors (Lipinski definition) is 1. The molecular weight excluding hydrogens is 186 g/mol. The predicted molar refractivity (Wildman–Crippen MR) is 45.3 cm³/mol. The van der Waals surface area contributed by atoms with Crippen LogP contribution in [0.5, 0.6) is 0 Å². The van der Waals surface area contributed by atoms with Crippen LogP contribution in [0.25, 0.3) is 6.01 Å². The van der Waals surface area contributed by atoms with E-state index in [1.54, 1.807) is 6.92 Å². The number of carbonyl (C=O) groups is 1. The molecule has 0 aliphatic carbocycles. The van der Waals surface area contributed by atoms with Crippen LogP contribution in [0.1, 0.15) is 16.1 Å². The lowest BCUT2D eigenvalue weighted by Gasteiger charge is -1.89. The SMILES string of the molecule is Cc1coc(-n2cc(C(=O)O)cn2)n1. The fraction of sp³-hybridized carbons (Fsp3) is 0.125. The summed E-state index contributed by atoms with van der Waals surface area (Å²) in [6, 6.07) is 0.259. The number of aryl methyl sites for hydroxylation is 1. The monoisotopic (exact) mass is 193 g/mol. The van der Waals surface area contributed by atoms with Gasteiger partial charge in [-0.05, 0) is 6.92 Å². The number of aromatic carboxylic acids is 1. The summed E-state index contributed by atoms with van der Waals surface area (Å²) in [6.07, 6.45) is 4.05. The second kappa shape index (κ2) is 2.99. The molecule has 72 valence electrons. The van der Waals surface area contributed by atoms with Crippen LogP contribution in [0, 0.1) is 6.92 Å². The van der Waals surface area contributed by atoms with Crippen molar-refractivity contribution in [3.05, 3.63) is 29.9 Å².